The molecule has 0 aliphatic heterocycles. The van der Waals surface area contributed by atoms with Gasteiger partial charge >= 0.3 is 0 Å². The van der Waals surface area contributed by atoms with Gasteiger partial charge in [0, 0.05) is 10.9 Å². The minimum Gasteiger partial charge on any atom is -0.207 e. The summed E-state index contributed by atoms with van der Waals surface area (Å²) in [6, 6.07) is 12.4. The van der Waals surface area contributed by atoms with Gasteiger partial charge in [-0.1, -0.05) is 29.8 Å². The van der Waals surface area contributed by atoms with E-state index in [1.165, 1.54) is 13.0 Å². The molecule has 0 fully saturated rings. The normalized spacial score (nSPS) is 11.3. The molecule has 0 aliphatic carbocycles. The van der Waals surface area contributed by atoms with E-state index in [1.807, 2.05) is 20.8 Å². The van der Waals surface area contributed by atoms with Gasteiger partial charge in [0.15, 0.2) is 0 Å². The first-order chi connectivity index (χ1) is 14.2. The Morgan fingerprint density at radius 2 is 1.17 bits per heavy atom. The van der Waals surface area contributed by atoms with E-state index in [0.717, 1.165) is 39.9 Å². The highest BCUT2D eigenvalue weighted by Crippen LogP contribution is 2.36. The van der Waals surface area contributed by atoms with Gasteiger partial charge in [0.05, 0.1) is 5.56 Å². The molecule has 0 unspecified atom stereocenters. The Kier molecular flexibility index (Phi) is 4.89. The van der Waals surface area contributed by atoms with Gasteiger partial charge in [-0.2, -0.15) is 0 Å². The number of benzene rings is 4. The quantitative estimate of drug-likeness (QED) is 0.295. The first-order valence-electron chi connectivity index (χ1n) is 9.63. The summed E-state index contributed by atoms with van der Waals surface area (Å²) in [4.78, 5) is 0. The molecule has 4 aromatic rings. The van der Waals surface area contributed by atoms with Gasteiger partial charge in [0.2, 0.25) is 0 Å². The number of halogens is 4. The van der Waals surface area contributed by atoms with Crippen molar-refractivity contribution in [3.8, 4) is 22.3 Å². The second kappa shape index (κ2) is 7.28. The van der Waals surface area contributed by atoms with Crippen LogP contribution in [0.3, 0.4) is 0 Å². The summed E-state index contributed by atoms with van der Waals surface area (Å²) in [5, 5.41) is 0.581. The van der Waals surface area contributed by atoms with E-state index in [9.17, 15) is 13.2 Å². The largest absolute Gasteiger partial charge is 0.207 e. The molecule has 0 amide bonds. The highest BCUT2D eigenvalue weighted by atomic mass is 19.1. The Bertz CT molecular complexity index is 1270. The first kappa shape index (κ1) is 20.1. The molecule has 0 radical (unpaired) electrons. The molecule has 0 N–H and O–H groups in total. The van der Waals surface area contributed by atoms with Crippen LogP contribution in [0.25, 0.3) is 33.0 Å². The van der Waals surface area contributed by atoms with Crippen LogP contribution in [0.1, 0.15) is 22.3 Å². The number of hydrogen-bond donors (Lipinski definition) is 0. The number of hydrogen-bond acceptors (Lipinski definition) is 0. The predicted molar refractivity (Wildman–Crippen MR) is 114 cm³/mol. The van der Waals surface area contributed by atoms with Crippen molar-refractivity contribution < 1.29 is 17.6 Å². The van der Waals surface area contributed by atoms with Gasteiger partial charge in [-0.25, -0.2) is 17.6 Å². The van der Waals surface area contributed by atoms with Crippen LogP contribution >= 0.6 is 0 Å². The molecule has 0 heterocycles. The van der Waals surface area contributed by atoms with Crippen LogP contribution in [0.15, 0.2) is 48.5 Å². The van der Waals surface area contributed by atoms with E-state index >= 15 is 4.39 Å². The highest BCUT2D eigenvalue weighted by molar-refractivity contribution is 5.92. The maximum Gasteiger partial charge on any atom is 0.141 e. The molecular formula is C26H20F4. The second-order valence-corrected chi connectivity index (χ2v) is 7.82. The van der Waals surface area contributed by atoms with E-state index in [-0.39, 0.29) is 16.5 Å². The number of rotatable bonds is 2. The Labute approximate surface area is 172 Å². The predicted octanol–water partition coefficient (Wildman–Crippen LogP) is 7.96. The lowest BCUT2D eigenvalue weighted by molar-refractivity contribution is 0.567. The molecule has 0 nitrogen and oxygen atoms in total. The topological polar surface area (TPSA) is 0 Å². The summed E-state index contributed by atoms with van der Waals surface area (Å²) in [5.74, 6) is -3.39. The van der Waals surface area contributed by atoms with Crippen molar-refractivity contribution in [3.05, 3.63) is 94.1 Å². The van der Waals surface area contributed by atoms with Crippen molar-refractivity contribution in [2.24, 2.45) is 0 Å². The summed E-state index contributed by atoms with van der Waals surface area (Å²) in [6.07, 6.45) is 0. The summed E-state index contributed by atoms with van der Waals surface area (Å²) >= 11 is 0. The zero-order valence-corrected chi connectivity index (χ0v) is 17.1. The fraction of sp³-hybridized carbons (Fsp3) is 0.154. The van der Waals surface area contributed by atoms with Crippen LogP contribution in [0, 0.1) is 51.0 Å². The summed E-state index contributed by atoms with van der Waals surface area (Å²) < 4.78 is 58.1. The van der Waals surface area contributed by atoms with Crippen LogP contribution in [0.2, 0.25) is 0 Å². The molecule has 4 rings (SSSR count). The van der Waals surface area contributed by atoms with Crippen molar-refractivity contribution in [3.63, 3.8) is 0 Å². The van der Waals surface area contributed by atoms with Crippen LogP contribution in [0.4, 0.5) is 17.6 Å². The highest BCUT2D eigenvalue weighted by Gasteiger charge is 2.19. The van der Waals surface area contributed by atoms with E-state index in [2.05, 4.69) is 12.1 Å². The molecule has 4 heteroatoms. The average Bonchev–Trinajstić information content (AvgIpc) is 2.65. The van der Waals surface area contributed by atoms with Crippen LogP contribution < -0.4 is 0 Å². The lowest BCUT2D eigenvalue weighted by atomic mass is 9.91. The van der Waals surface area contributed by atoms with Crippen LogP contribution in [0.5, 0.6) is 0 Å². The number of fused-ring (bicyclic) bond motifs is 1. The fourth-order valence-electron chi connectivity index (χ4n) is 4.18. The van der Waals surface area contributed by atoms with E-state index < -0.39 is 28.8 Å². The van der Waals surface area contributed by atoms with Gasteiger partial charge in [-0.3, -0.25) is 0 Å². The van der Waals surface area contributed by atoms with Gasteiger partial charge in [-0.15, -0.1) is 0 Å². The maximum atomic E-state index is 15.2. The molecule has 0 aliphatic rings. The minimum atomic E-state index is -0.864. The fourth-order valence-corrected chi connectivity index (χ4v) is 4.18. The van der Waals surface area contributed by atoms with Gasteiger partial charge in [-0.05, 0) is 85.2 Å². The molecule has 0 atom stereocenters. The first-order valence-corrected chi connectivity index (χ1v) is 9.63. The van der Waals surface area contributed by atoms with Gasteiger partial charge in [0.1, 0.15) is 23.3 Å². The third kappa shape index (κ3) is 3.26. The smallest absolute Gasteiger partial charge is 0.141 e. The Balaban J connectivity index is 1.93. The Morgan fingerprint density at radius 1 is 0.567 bits per heavy atom. The van der Waals surface area contributed by atoms with Gasteiger partial charge < -0.3 is 0 Å². The third-order valence-electron chi connectivity index (χ3n) is 5.56. The monoisotopic (exact) mass is 408 g/mol. The Hall–Kier alpha value is -3.14. The molecule has 0 aromatic heterocycles. The van der Waals surface area contributed by atoms with Crippen molar-refractivity contribution in [2.45, 2.75) is 27.7 Å². The van der Waals surface area contributed by atoms with E-state index in [1.54, 1.807) is 18.2 Å². The standard InChI is InChI=1S/C26H20F4/c1-13-7-14(2)24(15(3)8-13)17-5-6-20-18(9-17)10-23(29)25(26(20)30)19-11-21(27)16(4)22(28)12-19/h5-12H,1-4H3. The SMILES string of the molecule is Cc1cc(C)c(-c2ccc3c(F)c(-c4cc(F)c(C)c(F)c4)c(F)cc3c2)c(C)c1. The molecule has 0 bridgehead atoms. The van der Waals surface area contributed by atoms with Crippen molar-refractivity contribution >= 4 is 10.8 Å². The zero-order chi connectivity index (χ0) is 21.7. The third-order valence-corrected chi connectivity index (χ3v) is 5.56. The second-order valence-electron chi connectivity index (χ2n) is 7.82. The van der Waals surface area contributed by atoms with Crippen molar-refractivity contribution in [1.29, 1.82) is 0 Å². The van der Waals surface area contributed by atoms with Crippen LogP contribution in [-0.4, -0.2) is 0 Å². The molecule has 4 aromatic carbocycles. The molecule has 0 spiro atoms. The number of aryl methyl sites for hydroxylation is 3. The van der Waals surface area contributed by atoms with E-state index in [0.29, 0.717) is 5.39 Å². The maximum absolute atomic E-state index is 15.2. The summed E-state index contributed by atoms with van der Waals surface area (Å²) in [6.45, 7) is 7.31. The van der Waals surface area contributed by atoms with Crippen molar-refractivity contribution in [1.82, 2.24) is 0 Å². The molecular weight excluding hydrogens is 388 g/mol. The zero-order valence-electron chi connectivity index (χ0n) is 17.1. The lowest BCUT2D eigenvalue weighted by Gasteiger charge is -2.14. The molecule has 152 valence electrons. The lowest BCUT2D eigenvalue weighted by Crippen LogP contribution is -1.97. The average molecular weight is 408 g/mol. The van der Waals surface area contributed by atoms with Crippen molar-refractivity contribution in [2.75, 3.05) is 0 Å². The van der Waals surface area contributed by atoms with Gasteiger partial charge in [0.25, 0.3) is 0 Å². The molecule has 30 heavy (non-hydrogen) atoms. The minimum absolute atomic E-state index is 0.165. The van der Waals surface area contributed by atoms with Crippen LogP contribution in [-0.2, 0) is 0 Å². The Morgan fingerprint density at radius 3 is 1.77 bits per heavy atom. The molecule has 0 saturated heterocycles. The summed E-state index contributed by atoms with van der Waals surface area (Å²) in [5.41, 5.74) is 4.40. The summed E-state index contributed by atoms with van der Waals surface area (Å²) in [7, 11) is 0. The molecule has 0 saturated carbocycles. The van der Waals surface area contributed by atoms with E-state index in [4.69, 9.17) is 0 Å².